The summed E-state index contributed by atoms with van der Waals surface area (Å²) < 4.78 is 16.5. The molecule has 4 aromatic rings. The van der Waals surface area contributed by atoms with E-state index in [0.29, 0.717) is 44.3 Å². The van der Waals surface area contributed by atoms with Crippen LogP contribution in [0, 0.1) is 11.3 Å². The first-order chi connectivity index (χ1) is 17.9. The van der Waals surface area contributed by atoms with Crippen LogP contribution in [0.3, 0.4) is 0 Å². The quantitative estimate of drug-likeness (QED) is 0.325. The number of ether oxygens (including phenoxy) is 2. The topological polar surface area (TPSA) is 113 Å². The van der Waals surface area contributed by atoms with Gasteiger partial charge in [-0.25, -0.2) is 0 Å². The number of hydrogen-bond donors (Lipinski definition) is 1. The number of carbonyl (C=O) groups is 2. The summed E-state index contributed by atoms with van der Waals surface area (Å²) in [6.45, 7) is 0. The van der Waals surface area contributed by atoms with Gasteiger partial charge < -0.3 is 19.0 Å². The molecule has 1 amide bonds. The lowest BCUT2D eigenvalue weighted by molar-refractivity contribution is -0.117. The molecule has 0 bridgehead atoms. The molecule has 1 aliphatic rings. The van der Waals surface area contributed by atoms with Crippen LogP contribution in [0.2, 0.25) is 5.02 Å². The minimum Gasteiger partial charge on any atom is -0.503 e. The van der Waals surface area contributed by atoms with E-state index in [9.17, 15) is 14.7 Å². The van der Waals surface area contributed by atoms with Gasteiger partial charge in [-0.2, -0.15) is 5.26 Å². The van der Waals surface area contributed by atoms with Crippen LogP contribution in [0.1, 0.15) is 27.7 Å². The van der Waals surface area contributed by atoms with Crippen LogP contribution < -0.4 is 14.4 Å². The third kappa shape index (κ3) is 4.05. The van der Waals surface area contributed by atoms with Gasteiger partial charge in [-0.05, 0) is 54.1 Å². The number of nitriles is 1. The predicted molar refractivity (Wildman–Crippen MR) is 136 cm³/mol. The molecule has 0 aliphatic carbocycles. The Balaban J connectivity index is 1.67. The number of benzene rings is 3. The summed E-state index contributed by atoms with van der Waals surface area (Å²) in [5.74, 6) is -1.40. The van der Waals surface area contributed by atoms with Crippen molar-refractivity contribution in [2.45, 2.75) is 6.04 Å². The predicted octanol–water partition coefficient (Wildman–Crippen LogP) is 5.76. The lowest BCUT2D eigenvalue weighted by atomic mass is 9.94. The van der Waals surface area contributed by atoms with Crippen LogP contribution in [-0.2, 0) is 4.79 Å². The fraction of sp³-hybridized carbons (Fsp3) is 0.107. The first-order valence-electron chi connectivity index (χ1n) is 11.1. The zero-order valence-electron chi connectivity index (χ0n) is 19.7. The largest absolute Gasteiger partial charge is 0.503 e. The molecule has 1 atom stereocenters. The van der Waals surface area contributed by atoms with Crippen LogP contribution in [0.5, 0.6) is 11.5 Å². The zero-order chi connectivity index (χ0) is 26.3. The molecule has 184 valence electrons. The Morgan fingerprint density at radius 1 is 1.08 bits per heavy atom. The van der Waals surface area contributed by atoms with E-state index in [2.05, 4.69) is 0 Å². The van der Waals surface area contributed by atoms with Crippen LogP contribution in [0.15, 0.2) is 82.5 Å². The molecule has 0 spiro atoms. The van der Waals surface area contributed by atoms with Gasteiger partial charge in [0.05, 0.1) is 37.5 Å². The van der Waals surface area contributed by atoms with Crippen molar-refractivity contribution < 1.29 is 28.6 Å². The molecule has 9 heteroatoms. The minimum absolute atomic E-state index is 0.0977. The Hall–Kier alpha value is -4.74. The fourth-order valence-electron chi connectivity index (χ4n) is 4.41. The second-order valence-electron chi connectivity index (χ2n) is 8.24. The molecule has 8 nitrogen and oxygen atoms in total. The fourth-order valence-corrected chi connectivity index (χ4v) is 4.63. The van der Waals surface area contributed by atoms with Gasteiger partial charge in [-0.15, -0.1) is 0 Å². The molecule has 0 radical (unpaired) electrons. The highest BCUT2D eigenvalue weighted by Gasteiger charge is 2.45. The van der Waals surface area contributed by atoms with Crippen molar-refractivity contribution in [1.29, 1.82) is 5.26 Å². The van der Waals surface area contributed by atoms with Crippen molar-refractivity contribution >= 4 is 39.9 Å². The standard InChI is InChI=1S/C28H19ClN2O6/c1-35-20-5-3-4-16(11-20)24-23(26(33)28(34)31(24)19-8-6-15(14-30)7-9-19)25(32)21-12-17-10-18(29)13-22(36-2)27(17)37-21/h3-13,24,33H,1-2H3. The third-order valence-electron chi connectivity index (χ3n) is 6.13. The lowest BCUT2D eigenvalue weighted by Crippen LogP contribution is -2.31. The van der Waals surface area contributed by atoms with E-state index in [1.807, 2.05) is 6.07 Å². The van der Waals surface area contributed by atoms with Gasteiger partial charge in [0.2, 0.25) is 5.78 Å². The number of ketones is 1. The molecular weight excluding hydrogens is 496 g/mol. The highest BCUT2D eigenvalue weighted by atomic mass is 35.5. The summed E-state index contributed by atoms with van der Waals surface area (Å²) in [4.78, 5) is 28.5. The number of carbonyl (C=O) groups excluding carboxylic acids is 2. The van der Waals surface area contributed by atoms with Gasteiger partial charge in [0.1, 0.15) is 5.75 Å². The molecule has 3 aromatic carbocycles. The molecule has 1 unspecified atom stereocenters. The summed E-state index contributed by atoms with van der Waals surface area (Å²) in [7, 11) is 2.96. The van der Waals surface area contributed by atoms with Crippen molar-refractivity contribution in [3.8, 4) is 17.6 Å². The number of methoxy groups -OCH3 is 2. The van der Waals surface area contributed by atoms with Gasteiger partial charge in [0.25, 0.3) is 5.91 Å². The number of furan rings is 1. The number of rotatable bonds is 6. The van der Waals surface area contributed by atoms with Crippen LogP contribution in [0.25, 0.3) is 11.0 Å². The number of fused-ring (bicyclic) bond motifs is 1. The van der Waals surface area contributed by atoms with Crippen LogP contribution >= 0.6 is 11.6 Å². The molecule has 1 aliphatic heterocycles. The Morgan fingerprint density at radius 2 is 1.84 bits per heavy atom. The van der Waals surface area contributed by atoms with E-state index in [0.717, 1.165) is 0 Å². The zero-order valence-corrected chi connectivity index (χ0v) is 20.4. The van der Waals surface area contributed by atoms with Gasteiger partial charge in [-0.1, -0.05) is 23.7 Å². The SMILES string of the molecule is COc1cccc(C2C(C(=O)c3cc4cc(Cl)cc(OC)c4o3)=C(O)C(=O)N2c2ccc(C#N)cc2)c1. The number of hydrogen-bond acceptors (Lipinski definition) is 7. The normalized spacial score (nSPS) is 15.2. The number of halogens is 1. The second kappa shape index (κ2) is 9.37. The van der Waals surface area contributed by atoms with Gasteiger partial charge in [0.15, 0.2) is 22.9 Å². The van der Waals surface area contributed by atoms with Crippen molar-refractivity contribution in [3.63, 3.8) is 0 Å². The monoisotopic (exact) mass is 514 g/mol. The molecule has 37 heavy (non-hydrogen) atoms. The lowest BCUT2D eigenvalue weighted by Gasteiger charge is -2.27. The first kappa shape index (κ1) is 24.0. The molecule has 1 aromatic heterocycles. The summed E-state index contributed by atoms with van der Waals surface area (Å²) in [5, 5.41) is 21.1. The highest BCUT2D eigenvalue weighted by molar-refractivity contribution is 6.31. The van der Waals surface area contributed by atoms with Crippen molar-refractivity contribution in [2.75, 3.05) is 19.1 Å². The van der Waals surface area contributed by atoms with Crippen molar-refractivity contribution in [1.82, 2.24) is 0 Å². The summed E-state index contributed by atoms with van der Waals surface area (Å²) >= 11 is 6.16. The molecule has 1 N–H and O–H groups in total. The molecule has 0 fully saturated rings. The number of amides is 1. The Labute approximate surface area is 216 Å². The number of aliphatic hydroxyl groups excluding tert-OH is 1. The number of anilines is 1. The molecular formula is C28H19ClN2O6. The van der Waals surface area contributed by atoms with E-state index in [1.54, 1.807) is 60.7 Å². The first-order valence-corrected chi connectivity index (χ1v) is 11.5. The van der Waals surface area contributed by atoms with E-state index < -0.39 is 23.5 Å². The van der Waals surface area contributed by atoms with E-state index in [4.69, 9.17) is 30.8 Å². The smallest absolute Gasteiger partial charge is 0.294 e. The third-order valence-corrected chi connectivity index (χ3v) is 6.35. The minimum atomic E-state index is -0.998. The van der Waals surface area contributed by atoms with E-state index in [1.165, 1.54) is 25.2 Å². The van der Waals surface area contributed by atoms with Gasteiger partial charge in [-0.3, -0.25) is 14.5 Å². The Morgan fingerprint density at radius 3 is 2.51 bits per heavy atom. The maximum atomic E-state index is 13.8. The average molecular weight is 515 g/mol. The second-order valence-corrected chi connectivity index (χ2v) is 8.68. The van der Waals surface area contributed by atoms with Gasteiger partial charge >= 0.3 is 0 Å². The molecule has 2 heterocycles. The molecule has 5 rings (SSSR count). The summed E-state index contributed by atoms with van der Waals surface area (Å²) in [6, 6.07) is 18.8. The molecule has 0 saturated heterocycles. The van der Waals surface area contributed by atoms with Crippen LogP contribution in [0.4, 0.5) is 5.69 Å². The average Bonchev–Trinajstić information content (AvgIpc) is 3.46. The van der Waals surface area contributed by atoms with Crippen molar-refractivity contribution in [2.24, 2.45) is 0 Å². The number of Topliss-reactive ketones (excluding diaryl/α,β-unsaturated/α-hetero) is 1. The van der Waals surface area contributed by atoms with Crippen molar-refractivity contribution in [3.05, 3.63) is 100.0 Å². The van der Waals surface area contributed by atoms with E-state index >= 15 is 0 Å². The number of aliphatic hydroxyl groups is 1. The van der Waals surface area contributed by atoms with Crippen LogP contribution in [-0.4, -0.2) is 31.0 Å². The van der Waals surface area contributed by atoms with E-state index in [-0.39, 0.29) is 11.3 Å². The Bertz CT molecular complexity index is 1630. The summed E-state index contributed by atoms with van der Waals surface area (Å²) in [5.41, 5.74) is 1.47. The maximum Gasteiger partial charge on any atom is 0.294 e. The number of nitrogens with zero attached hydrogens (tertiary/aromatic N) is 2. The maximum absolute atomic E-state index is 13.8. The summed E-state index contributed by atoms with van der Waals surface area (Å²) in [6.07, 6.45) is 0. The molecule has 0 saturated carbocycles. The highest BCUT2D eigenvalue weighted by Crippen LogP contribution is 2.43. The van der Waals surface area contributed by atoms with Gasteiger partial charge in [0, 0.05) is 22.2 Å². The Kier molecular flexibility index (Phi) is 6.07.